The van der Waals surface area contributed by atoms with Gasteiger partial charge in [0.05, 0.1) is 35.6 Å². The third kappa shape index (κ3) is 4.62. The fourth-order valence-electron chi connectivity index (χ4n) is 4.13. The third-order valence-corrected chi connectivity index (χ3v) is 5.97. The lowest BCUT2D eigenvalue weighted by Gasteiger charge is -2.36. The van der Waals surface area contributed by atoms with E-state index in [0.717, 1.165) is 31.9 Å². The molecule has 0 saturated carbocycles. The summed E-state index contributed by atoms with van der Waals surface area (Å²) in [5.41, 5.74) is 4.39. The highest BCUT2D eigenvalue weighted by Gasteiger charge is 2.25. The van der Waals surface area contributed by atoms with Crippen LogP contribution in [-0.4, -0.2) is 59.8 Å². The van der Waals surface area contributed by atoms with Crippen molar-refractivity contribution in [3.05, 3.63) is 47.2 Å². The van der Waals surface area contributed by atoms with Gasteiger partial charge in [-0.25, -0.2) is 4.98 Å². The summed E-state index contributed by atoms with van der Waals surface area (Å²) in [6, 6.07) is 10.2. The van der Waals surface area contributed by atoms with Crippen molar-refractivity contribution >= 4 is 17.0 Å². The lowest BCUT2D eigenvalue weighted by molar-refractivity contribution is 0.00673. The van der Waals surface area contributed by atoms with Crippen LogP contribution in [0.5, 0.6) is 0 Å². The van der Waals surface area contributed by atoms with E-state index in [9.17, 15) is 4.79 Å². The first-order valence-corrected chi connectivity index (χ1v) is 10.9. The molecular weight excluding hydrogens is 392 g/mol. The van der Waals surface area contributed by atoms with Crippen molar-refractivity contribution in [2.45, 2.75) is 33.7 Å². The SMILES string of the molecule is Cc1ccc(-c2cc(C(=O)NCC(C(C)C)N3CCOCC3)c3c(C)noc3n2)cc1. The maximum atomic E-state index is 13.3. The summed E-state index contributed by atoms with van der Waals surface area (Å²) in [6.07, 6.45) is 0. The van der Waals surface area contributed by atoms with Crippen LogP contribution in [0.1, 0.15) is 35.5 Å². The minimum absolute atomic E-state index is 0.133. The van der Waals surface area contributed by atoms with Gasteiger partial charge in [-0.3, -0.25) is 9.69 Å². The maximum Gasteiger partial charge on any atom is 0.259 e. The molecule has 0 aliphatic carbocycles. The molecule has 2 aromatic heterocycles. The first kappa shape index (κ1) is 21.5. The molecule has 3 heterocycles. The Hall–Kier alpha value is -2.77. The van der Waals surface area contributed by atoms with Crippen molar-refractivity contribution in [3.8, 4) is 11.3 Å². The number of pyridine rings is 1. The average Bonchev–Trinajstić information content (AvgIpc) is 3.15. The highest BCUT2D eigenvalue weighted by Crippen LogP contribution is 2.27. The Morgan fingerprint density at radius 3 is 2.55 bits per heavy atom. The summed E-state index contributed by atoms with van der Waals surface area (Å²) in [4.78, 5) is 20.3. The van der Waals surface area contributed by atoms with Gasteiger partial charge in [0.2, 0.25) is 0 Å². The standard InChI is InChI=1S/C24H30N4O3/c1-15(2)21(28-9-11-30-12-10-28)14-25-23(29)19-13-20(18-7-5-16(3)6-8-18)26-24-22(19)17(4)27-31-24/h5-8,13,15,21H,9-12,14H2,1-4H3,(H,25,29). The number of ether oxygens (including phenoxy) is 1. The Bertz CT molecular complexity index is 1050. The highest BCUT2D eigenvalue weighted by molar-refractivity contribution is 6.07. The number of carbonyl (C=O) groups is 1. The fourth-order valence-corrected chi connectivity index (χ4v) is 4.13. The van der Waals surface area contributed by atoms with E-state index < -0.39 is 0 Å². The lowest BCUT2D eigenvalue weighted by atomic mass is 10.0. The minimum Gasteiger partial charge on any atom is -0.379 e. The average molecular weight is 423 g/mol. The van der Waals surface area contributed by atoms with Gasteiger partial charge in [-0.05, 0) is 25.8 Å². The number of aryl methyl sites for hydroxylation is 2. The van der Waals surface area contributed by atoms with Crippen LogP contribution >= 0.6 is 0 Å². The number of aromatic nitrogens is 2. The second-order valence-electron chi connectivity index (χ2n) is 8.54. The Morgan fingerprint density at radius 1 is 1.16 bits per heavy atom. The van der Waals surface area contributed by atoms with Crippen LogP contribution in [0.3, 0.4) is 0 Å². The molecule has 1 unspecified atom stereocenters. The molecule has 1 atom stereocenters. The summed E-state index contributed by atoms with van der Waals surface area (Å²) < 4.78 is 10.9. The first-order chi connectivity index (χ1) is 14.9. The van der Waals surface area contributed by atoms with E-state index in [0.29, 0.717) is 40.5 Å². The Kier molecular flexibility index (Phi) is 6.34. The number of hydrogen-bond donors (Lipinski definition) is 1. The Balaban J connectivity index is 1.61. The Morgan fingerprint density at radius 2 is 1.87 bits per heavy atom. The molecule has 0 bridgehead atoms. The van der Waals surface area contributed by atoms with Crippen molar-refractivity contribution in [3.63, 3.8) is 0 Å². The summed E-state index contributed by atoms with van der Waals surface area (Å²) in [5.74, 6) is 0.280. The second-order valence-corrected chi connectivity index (χ2v) is 8.54. The number of nitrogens with one attached hydrogen (secondary N) is 1. The topological polar surface area (TPSA) is 80.5 Å². The summed E-state index contributed by atoms with van der Waals surface area (Å²) >= 11 is 0. The summed E-state index contributed by atoms with van der Waals surface area (Å²) in [5, 5.41) is 7.87. The van der Waals surface area contributed by atoms with Crippen molar-refractivity contribution < 1.29 is 14.1 Å². The molecule has 7 nitrogen and oxygen atoms in total. The molecule has 1 N–H and O–H groups in total. The molecule has 4 rings (SSSR count). The number of hydrogen-bond acceptors (Lipinski definition) is 6. The van der Waals surface area contributed by atoms with E-state index in [1.54, 1.807) is 0 Å². The van der Waals surface area contributed by atoms with Crippen LogP contribution in [0.15, 0.2) is 34.9 Å². The molecule has 1 saturated heterocycles. The van der Waals surface area contributed by atoms with E-state index in [2.05, 4.69) is 34.2 Å². The van der Waals surface area contributed by atoms with Gasteiger partial charge in [-0.15, -0.1) is 0 Å². The number of nitrogens with zero attached hydrogens (tertiary/aromatic N) is 3. The number of morpholine rings is 1. The molecule has 1 amide bonds. The molecule has 164 valence electrons. The normalized spacial score (nSPS) is 16.0. The van der Waals surface area contributed by atoms with Gasteiger partial charge in [0.25, 0.3) is 11.6 Å². The fraction of sp³-hybridized carbons (Fsp3) is 0.458. The summed E-state index contributed by atoms with van der Waals surface area (Å²) in [7, 11) is 0. The molecule has 1 fully saturated rings. The number of rotatable bonds is 6. The number of benzene rings is 1. The van der Waals surface area contributed by atoms with Crippen molar-refractivity contribution in [2.24, 2.45) is 5.92 Å². The zero-order chi connectivity index (χ0) is 22.0. The third-order valence-electron chi connectivity index (χ3n) is 5.97. The molecule has 7 heteroatoms. The van der Waals surface area contributed by atoms with E-state index >= 15 is 0 Å². The predicted octanol–water partition coefficient (Wildman–Crippen LogP) is 3.59. The van der Waals surface area contributed by atoms with Gasteiger partial charge >= 0.3 is 0 Å². The summed E-state index contributed by atoms with van der Waals surface area (Å²) in [6.45, 7) is 12.1. The molecule has 0 radical (unpaired) electrons. The zero-order valence-electron chi connectivity index (χ0n) is 18.6. The lowest BCUT2D eigenvalue weighted by Crippen LogP contribution is -2.51. The van der Waals surface area contributed by atoms with Crippen molar-refractivity contribution in [1.82, 2.24) is 20.4 Å². The Labute approximate surface area is 182 Å². The molecular formula is C24H30N4O3. The van der Waals surface area contributed by atoms with Gasteiger partial charge in [-0.1, -0.05) is 48.8 Å². The zero-order valence-corrected chi connectivity index (χ0v) is 18.6. The highest BCUT2D eigenvalue weighted by atomic mass is 16.5. The molecule has 1 aliphatic rings. The van der Waals surface area contributed by atoms with E-state index in [1.165, 1.54) is 5.56 Å². The second kappa shape index (κ2) is 9.16. The van der Waals surface area contributed by atoms with Gasteiger partial charge in [0.1, 0.15) is 0 Å². The van der Waals surface area contributed by atoms with E-state index in [1.807, 2.05) is 44.2 Å². The quantitative estimate of drug-likeness (QED) is 0.654. The minimum atomic E-state index is -0.133. The predicted molar refractivity (Wildman–Crippen MR) is 120 cm³/mol. The van der Waals surface area contributed by atoms with Gasteiger partial charge < -0.3 is 14.6 Å². The van der Waals surface area contributed by atoms with Crippen LogP contribution in [0, 0.1) is 19.8 Å². The first-order valence-electron chi connectivity index (χ1n) is 10.9. The van der Waals surface area contributed by atoms with Gasteiger partial charge in [0.15, 0.2) is 0 Å². The molecule has 1 aliphatic heterocycles. The van der Waals surface area contributed by atoms with Gasteiger partial charge in [0, 0.05) is 31.2 Å². The van der Waals surface area contributed by atoms with Crippen LogP contribution in [0.25, 0.3) is 22.4 Å². The maximum absolute atomic E-state index is 13.3. The van der Waals surface area contributed by atoms with Crippen LogP contribution < -0.4 is 5.32 Å². The largest absolute Gasteiger partial charge is 0.379 e. The van der Waals surface area contributed by atoms with Crippen molar-refractivity contribution in [1.29, 1.82) is 0 Å². The molecule has 1 aromatic carbocycles. The van der Waals surface area contributed by atoms with E-state index in [4.69, 9.17) is 9.26 Å². The van der Waals surface area contributed by atoms with Gasteiger partial charge in [-0.2, -0.15) is 0 Å². The molecule has 31 heavy (non-hydrogen) atoms. The van der Waals surface area contributed by atoms with Crippen molar-refractivity contribution in [2.75, 3.05) is 32.8 Å². The number of carbonyl (C=O) groups excluding carboxylic acids is 1. The van der Waals surface area contributed by atoms with Crippen LogP contribution in [0.4, 0.5) is 0 Å². The number of fused-ring (bicyclic) bond motifs is 1. The monoisotopic (exact) mass is 422 g/mol. The molecule has 3 aromatic rings. The smallest absolute Gasteiger partial charge is 0.259 e. The molecule has 0 spiro atoms. The van der Waals surface area contributed by atoms with E-state index in [-0.39, 0.29) is 11.9 Å². The van der Waals surface area contributed by atoms with Crippen LogP contribution in [0.2, 0.25) is 0 Å². The van der Waals surface area contributed by atoms with Crippen LogP contribution in [-0.2, 0) is 4.74 Å². The number of amides is 1.